The van der Waals surface area contributed by atoms with Crippen molar-refractivity contribution in [3.8, 4) is 0 Å². The highest BCUT2D eigenvalue weighted by Crippen LogP contribution is 2.14. The SMILES string of the molecule is CCCCCOC(=O)CN(C)C(=O)c1c(F)cccc1F. The van der Waals surface area contributed by atoms with E-state index in [1.54, 1.807) is 0 Å². The Morgan fingerprint density at radius 3 is 2.38 bits per heavy atom. The minimum absolute atomic E-state index is 0.281. The van der Waals surface area contributed by atoms with Crippen LogP contribution in [-0.2, 0) is 9.53 Å². The Labute approximate surface area is 122 Å². The molecule has 1 rings (SSSR count). The second-order valence-electron chi connectivity index (χ2n) is 4.69. The van der Waals surface area contributed by atoms with Crippen molar-refractivity contribution >= 4 is 11.9 Å². The Balaban J connectivity index is 2.57. The van der Waals surface area contributed by atoms with Crippen molar-refractivity contribution in [2.45, 2.75) is 26.2 Å². The topological polar surface area (TPSA) is 46.6 Å². The number of benzene rings is 1. The lowest BCUT2D eigenvalue weighted by Gasteiger charge is -2.17. The number of nitrogens with zero attached hydrogens (tertiary/aromatic N) is 1. The van der Waals surface area contributed by atoms with Crippen molar-refractivity contribution in [3.05, 3.63) is 35.4 Å². The number of likely N-dealkylation sites (N-methyl/N-ethyl adjacent to an activating group) is 1. The van der Waals surface area contributed by atoms with Gasteiger partial charge in [0.2, 0.25) is 0 Å². The van der Waals surface area contributed by atoms with Crippen LogP contribution >= 0.6 is 0 Å². The second-order valence-corrected chi connectivity index (χ2v) is 4.69. The van der Waals surface area contributed by atoms with Crippen LogP contribution in [0.25, 0.3) is 0 Å². The summed E-state index contributed by atoms with van der Waals surface area (Å²) in [5, 5.41) is 0. The summed E-state index contributed by atoms with van der Waals surface area (Å²) in [5.74, 6) is -3.40. The molecule has 21 heavy (non-hydrogen) atoms. The smallest absolute Gasteiger partial charge is 0.325 e. The van der Waals surface area contributed by atoms with E-state index >= 15 is 0 Å². The summed E-state index contributed by atoms with van der Waals surface area (Å²) in [5.41, 5.74) is -0.668. The molecule has 0 aliphatic carbocycles. The molecule has 0 aliphatic rings. The fourth-order valence-electron chi connectivity index (χ4n) is 1.74. The maximum atomic E-state index is 13.5. The zero-order valence-electron chi connectivity index (χ0n) is 12.2. The van der Waals surface area contributed by atoms with E-state index in [1.165, 1.54) is 13.1 Å². The van der Waals surface area contributed by atoms with Crippen LogP contribution in [0.4, 0.5) is 8.78 Å². The lowest BCUT2D eigenvalue weighted by molar-refractivity contribution is -0.144. The van der Waals surface area contributed by atoms with Crippen molar-refractivity contribution in [2.24, 2.45) is 0 Å². The van der Waals surface area contributed by atoms with Crippen molar-refractivity contribution < 1.29 is 23.1 Å². The van der Waals surface area contributed by atoms with E-state index in [0.717, 1.165) is 36.3 Å². The highest BCUT2D eigenvalue weighted by molar-refractivity contribution is 5.96. The lowest BCUT2D eigenvalue weighted by Crippen LogP contribution is -2.34. The average Bonchev–Trinajstić information content (AvgIpc) is 2.43. The van der Waals surface area contributed by atoms with Crippen LogP contribution in [0.3, 0.4) is 0 Å². The molecule has 0 aliphatic heterocycles. The first-order chi connectivity index (χ1) is 9.97. The molecule has 0 heterocycles. The number of amides is 1. The molecule has 6 heteroatoms. The number of carbonyl (C=O) groups is 2. The molecule has 0 radical (unpaired) electrons. The van der Waals surface area contributed by atoms with Crippen molar-refractivity contribution in [2.75, 3.05) is 20.2 Å². The van der Waals surface area contributed by atoms with Gasteiger partial charge in [-0.3, -0.25) is 9.59 Å². The van der Waals surface area contributed by atoms with Gasteiger partial charge < -0.3 is 9.64 Å². The number of hydrogen-bond donors (Lipinski definition) is 0. The van der Waals surface area contributed by atoms with Crippen LogP contribution in [0.15, 0.2) is 18.2 Å². The maximum absolute atomic E-state index is 13.5. The van der Waals surface area contributed by atoms with E-state index in [9.17, 15) is 18.4 Å². The molecule has 0 saturated heterocycles. The van der Waals surface area contributed by atoms with Gasteiger partial charge in [0, 0.05) is 7.05 Å². The molecule has 0 spiro atoms. The van der Waals surface area contributed by atoms with Crippen molar-refractivity contribution in [1.29, 1.82) is 0 Å². The number of rotatable bonds is 7. The van der Waals surface area contributed by atoms with Crippen molar-refractivity contribution in [1.82, 2.24) is 4.90 Å². The van der Waals surface area contributed by atoms with Gasteiger partial charge in [0.15, 0.2) is 0 Å². The highest BCUT2D eigenvalue weighted by Gasteiger charge is 2.22. The van der Waals surface area contributed by atoms with E-state index in [0.29, 0.717) is 0 Å². The fraction of sp³-hybridized carbons (Fsp3) is 0.467. The van der Waals surface area contributed by atoms with Gasteiger partial charge in [0.05, 0.1) is 6.61 Å². The Morgan fingerprint density at radius 1 is 1.19 bits per heavy atom. The standard InChI is InChI=1S/C15H19F2NO3/c1-3-4-5-9-21-13(19)10-18(2)15(20)14-11(16)7-6-8-12(14)17/h6-8H,3-5,9-10H2,1-2H3. The fourth-order valence-corrected chi connectivity index (χ4v) is 1.74. The molecule has 0 bridgehead atoms. The number of ether oxygens (including phenoxy) is 1. The van der Waals surface area contributed by atoms with Gasteiger partial charge in [-0.2, -0.15) is 0 Å². The first-order valence-corrected chi connectivity index (χ1v) is 6.82. The third-order valence-electron chi connectivity index (χ3n) is 2.90. The van der Waals surface area contributed by atoms with Gasteiger partial charge in [-0.05, 0) is 18.6 Å². The third-order valence-corrected chi connectivity index (χ3v) is 2.90. The molecule has 0 aromatic heterocycles. The van der Waals surface area contributed by atoms with Gasteiger partial charge in [-0.1, -0.05) is 25.8 Å². The predicted molar refractivity (Wildman–Crippen MR) is 73.8 cm³/mol. The lowest BCUT2D eigenvalue weighted by atomic mass is 10.1. The highest BCUT2D eigenvalue weighted by atomic mass is 19.1. The maximum Gasteiger partial charge on any atom is 0.325 e. The molecule has 0 N–H and O–H groups in total. The second kappa shape index (κ2) is 8.34. The summed E-state index contributed by atoms with van der Waals surface area (Å²) in [6.07, 6.45) is 2.70. The van der Waals surface area contributed by atoms with Crippen LogP contribution in [0.5, 0.6) is 0 Å². The zero-order valence-corrected chi connectivity index (χ0v) is 12.2. The summed E-state index contributed by atoms with van der Waals surface area (Å²) in [6.45, 7) is 1.96. The normalized spacial score (nSPS) is 10.3. The first kappa shape index (κ1) is 17.1. The molecule has 0 saturated carbocycles. The van der Waals surface area contributed by atoms with Crippen LogP contribution in [0, 0.1) is 11.6 Å². The van der Waals surface area contributed by atoms with Gasteiger partial charge >= 0.3 is 5.97 Å². The summed E-state index contributed by atoms with van der Waals surface area (Å²) in [7, 11) is 1.29. The zero-order chi connectivity index (χ0) is 15.8. The van der Waals surface area contributed by atoms with Gasteiger partial charge in [0.25, 0.3) is 5.91 Å². The summed E-state index contributed by atoms with van der Waals surface area (Å²) in [6, 6.07) is 3.16. The minimum Gasteiger partial charge on any atom is -0.464 e. The summed E-state index contributed by atoms with van der Waals surface area (Å²) < 4.78 is 31.9. The molecule has 0 atom stereocenters. The quantitative estimate of drug-likeness (QED) is 0.574. The first-order valence-electron chi connectivity index (χ1n) is 6.82. The molecule has 0 fully saturated rings. The molecule has 1 amide bonds. The van der Waals surface area contributed by atoms with Crippen LogP contribution in [-0.4, -0.2) is 37.0 Å². The Kier molecular flexibility index (Phi) is 6.78. The number of unbranched alkanes of at least 4 members (excludes halogenated alkanes) is 2. The number of hydrogen-bond acceptors (Lipinski definition) is 3. The Bertz CT molecular complexity index is 485. The van der Waals surface area contributed by atoms with Gasteiger partial charge in [-0.25, -0.2) is 8.78 Å². The summed E-state index contributed by atoms with van der Waals surface area (Å²) >= 11 is 0. The molecule has 0 unspecified atom stereocenters. The van der Waals surface area contributed by atoms with E-state index in [1.807, 2.05) is 6.92 Å². The van der Waals surface area contributed by atoms with Crippen LogP contribution in [0.2, 0.25) is 0 Å². The Hall–Kier alpha value is -1.98. The third kappa shape index (κ3) is 5.13. The summed E-state index contributed by atoms with van der Waals surface area (Å²) in [4.78, 5) is 24.4. The molecule has 4 nitrogen and oxygen atoms in total. The van der Waals surface area contributed by atoms with E-state index in [2.05, 4.69) is 0 Å². The number of halogens is 2. The van der Waals surface area contributed by atoms with Gasteiger partial charge in [0.1, 0.15) is 23.7 Å². The molecule has 1 aromatic carbocycles. The molecular formula is C15H19F2NO3. The number of carbonyl (C=O) groups excluding carboxylic acids is 2. The average molecular weight is 299 g/mol. The van der Waals surface area contributed by atoms with Gasteiger partial charge in [-0.15, -0.1) is 0 Å². The molecular weight excluding hydrogens is 280 g/mol. The van der Waals surface area contributed by atoms with E-state index in [-0.39, 0.29) is 13.2 Å². The van der Waals surface area contributed by atoms with E-state index < -0.39 is 29.1 Å². The van der Waals surface area contributed by atoms with Crippen LogP contribution < -0.4 is 0 Å². The largest absolute Gasteiger partial charge is 0.464 e. The van der Waals surface area contributed by atoms with Crippen molar-refractivity contribution in [3.63, 3.8) is 0 Å². The predicted octanol–water partition coefficient (Wildman–Crippen LogP) is 2.77. The molecule has 116 valence electrons. The Morgan fingerprint density at radius 2 is 1.81 bits per heavy atom. The molecule has 1 aromatic rings. The van der Waals surface area contributed by atoms with E-state index in [4.69, 9.17) is 4.74 Å². The number of esters is 1. The minimum atomic E-state index is -0.955. The van der Waals surface area contributed by atoms with Crippen LogP contribution in [0.1, 0.15) is 36.5 Å². The monoisotopic (exact) mass is 299 g/mol.